The molecule has 0 unspecified atom stereocenters. The number of aryl methyl sites for hydroxylation is 1. The maximum Gasteiger partial charge on any atom is 0.294 e. The molecule has 1 atom stereocenters. The smallest absolute Gasteiger partial charge is 0.294 e. The number of hydrogen-bond donors (Lipinski definition) is 1. The van der Waals surface area contributed by atoms with Crippen LogP contribution in [-0.2, 0) is 22.5 Å². The van der Waals surface area contributed by atoms with Crippen molar-refractivity contribution >= 4 is 17.5 Å². The molecule has 0 saturated carbocycles. The van der Waals surface area contributed by atoms with E-state index in [0.29, 0.717) is 13.1 Å². The zero-order chi connectivity index (χ0) is 22.3. The number of furan rings is 1. The fourth-order valence-corrected chi connectivity index (χ4v) is 3.76. The van der Waals surface area contributed by atoms with E-state index in [1.165, 1.54) is 11.8 Å². The maximum absolute atomic E-state index is 13.1. The molecule has 0 spiro atoms. The number of nitrogens with zero attached hydrogens (tertiary/aromatic N) is 1. The van der Waals surface area contributed by atoms with Crippen LogP contribution in [0.2, 0.25) is 0 Å². The monoisotopic (exact) mass is 432 g/mol. The van der Waals surface area contributed by atoms with Crippen molar-refractivity contribution < 1.29 is 18.7 Å². The summed E-state index contributed by atoms with van der Waals surface area (Å²) in [5, 5.41) is 2.94. The predicted octanol–water partition coefficient (Wildman–Crippen LogP) is 4.27. The van der Waals surface area contributed by atoms with E-state index in [1.807, 2.05) is 55.5 Å². The van der Waals surface area contributed by atoms with Crippen molar-refractivity contribution in [3.63, 3.8) is 0 Å². The summed E-state index contributed by atoms with van der Waals surface area (Å²) in [7, 11) is 0. The minimum Gasteiger partial charge on any atom is -0.459 e. The van der Waals surface area contributed by atoms with Crippen LogP contribution in [0.25, 0.3) is 0 Å². The molecule has 1 aliphatic heterocycles. The number of carbonyl (C=O) groups excluding carboxylic acids is 2. The van der Waals surface area contributed by atoms with E-state index < -0.39 is 0 Å². The van der Waals surface area contributed by atoms with Gasteiger partial charge in [-0.1, -0.05) is 42.0 Å². The fourth-order valence-electron chi connectivity index (χ4n) is 3.76. The van der Waals surface area contributed by atoms with Gasteiger partial charge in [-0.15, -0.1) is 0 Å². The Morgan fingerprint density at radius 2 is 1.78 bits per heavy atom. The molecule has 166 valence electrons. The van der Waals surface area contributed by atoms with Gasteiger partial charge in [0.15, 0.2) is 5.76 Å². The third-order valence-corrected chi connectivity index (χ3v) is 5.60. The van der Waals surface area contributed by atoms with E-state index in [0.717, 1.165) is 36.3 Å². The van der Waals surface area contributed by atoms with Gasteiger partial charge in [-0.2, -0.15) is 0 Å². The van der Waals surface area contributed by atoms with Gasteiger partial charge in [-0.3, -0.25) is 9.59 Å². The second-order valence-corrected chi connectivity index (χ2v) is 8.14. The summed E-state index contributed by atoms with van der Waals surface area (Å²) in [4.78, 5) is 27.1. The fraction of sp³-hybridized carbons (Fsp3) is 0.308. The number of carbonyl (C=O) groups is 2. The van der Waals surface area contributed by atoms with Crippen molar-refractivity contribution in [3.8, 4) is 0 Å². The first-order valence-corrected chi connectivity index (χ1v) is 11.0. The van der Waals surface area contributed by atoms with Gasteiger partial charge in [0.25, 0.3) is 5.91 Å². The average molecular weight is 433 g/mol. The highest BCUT2D eigenvalue weighted by molar-refractivity contribution is 6.04. The lowest BCUT2D eigenvalue weighted by Gasteiger charge is -2.22. The maximum atomic E-state index is 13.1. The normalized spacial score (nSPS) is 15.5. The molecule has 0 bridgehead atoms. The van der Waals surface area contributed by atoms with Crippen molar-refractivity contribution in [1.82, 2.24) is 5.32 Å². The summed E-state index contributed by atoms with van der Waals surface area (Å²) in [6, 6.07) is 19.0. The van der Waals surface area contributed by atoms with Crippen molar-refractivity contribution in [2.75, 3.05) is 18.1 Å². The third kappa shape index (κ3) is 5.65. The number of hydrogen-bond acceptors (Lipinski definition) is 4. The number of amides is 2. The molecule has 2 heterocycles. The second kappa shape index (κ2) is 10.3. The third-order valence-electron chi connectivity index (χ3n) is 5.60. The van der Waals surface area contributed by atoms with Crippen LogP contribution in [0.5, 0.6) is 0 Å². The van der Waals surface area contributed by atoms with Crippen LogP contribution < -0.4 is 10.2 Å². The molecular formula is C26H28N2O4. The summed E-state index contributed by atoms with van der Waals surface area (Å²) in [6.45, 7) is 3.78. The van der Waals surface area contributed by atoms with Crippen molar-refractivity contribution in [2.24, 2.45) is 0 Å². The Bertz CT molecular complexity index is 1020. The van der Waals surface area contributed by atoms with E-state index in [-0.39, 0.29) is 30.1 Å². The molecule has 6 nitrogen and oxygen atoms in total. The van der Waals surface area contributed by atoms with Gasteiger partial charge in [-0.05, 0) is 55.2 Å². The standard InChI is InChI=1S/C26H28N2O4/c1-19-6-8-21(9-7-19)18-28(26(30)24-5-3-15-32-24)22-12-10-20(11-13-22)16-25(29)27-17-23-4-2-14-31-23/h3,5-13,15,23H,2,4,14,16-18H2,1H3,(H,27,29)/t23-/m1/s1. The van der Waals surface area contributed by atoms with Crippen molar-refractivity contribution in [3.05, 3.63) is 89.4 Å². The topological polar surface area (TPSA) is 71.8 Å². The lowest BCUT2D eigenvalue weighted by atomic mass is 10.1. The Morgan fingerprint density at radius 1 is 1.03 bits per heavy atom. The average Bonchev–Trinajstić information content (AvgIpc) is 3.52. The highest BCUT2D eigenvalue weighted by atomic mass is 16.5. The van der Waals surface area contributed by atoms with Crippen LogP contribution in [0.15, 0.2) is 71.3 Å². The highest BCUT2D eigenvalue weighted by Crippen LogP contribution is 2.22. The molecule has 4 rings (SSSR count). The zero-order valence-corrected chi connectivity index (χ0v) is 18.3. The summed E-state index contributed by atoms with van der Waals surface area (Å²) >= 11 is 0. The molecule has 1 saturated heterocycles. The predicted molar refractivity (Wildman–Crippen MR) is 123 cm³/mol. The largest absolute Gasteiger partial charge is 0.459 e. The molecule has 1 fully saturated rings. The Balaban J connectivity index is 1.45. The van der Waals surface area contributed by atoms with Gasteiger partial charge in [0.2, 0.25) is 5.91 Å². The van der Waals surface area contributed by atoms with E-state index in [9.17, 15) is 9.59 Å². The van der Waals surface area contributed by atoms with Gasteiger partial charge in [0.05, 0.1) is 25.3 Å². The van der Waals surface area contributed by atoms with Crippen LogP contribution in [0.1, 0.15) is 40.1 Å². The van der Waals surface area contributed by atoms with E-state index in [4.69, 9.17) is 9.15 Å². The first-order chi connectivity index (χ1) is 15.6. The lowest BCUT2D eigenvalue weighted by Crippen LogP contribution is -2.32. The number of rotatable bonds is 8. The van der Waals surface area contributed by atoms with Gasteiger partial charge >= 0.3 is 0 Å². The number of ether oxygens (including phenoxy) is 1. The van der Waals surface area contributed by atoms with Crippen LogP contribution in [-0.4, -0.2) is 31.1 Å². The van der Waals surface area contributed by atoms with E-state index in [2.05, 4.69) is 5.32 Å². The number of anilines is 1. The first-order valence-electron chi connectivity index (χ1n) is 11.0. The second-order valence-electron chi connectivity index (χ2n) is 8.14. The van der Waals surface area contributed by atoms with Gasteiger partial charge < -0.3 is 19.4 Å². The van der Waals surface area contributed by atoms with Gasteiger partial charge in [-0.25, -0.2) is 0 Å². The van der Waals surface area contributed by atoms with Crippen LogP contribution in [0.3, 0.4) is 0 Å². The summed E-state index contributed by atoms with van der Waals surface area (Å²) < 4.78 is 10.9. The quantitative estimate of drug-likeness (QED) is 0.577. The first kappa shape index (κ1) is 21.8. The van der Waals surface area contributed by atoms with E-state index in [1.54, 1.807) is 17.0 Å². The lowest BCUT2D eigenvalue weighted by molar-refractivity contribution is -0.120. The Hall–Kier alpha value is -3.38. The molecule has 1 aromatic heterocycles. The number of benzene rings is 2. The SMILES string of the molecule is Cc1ccc(CN(C(=O)c2ccco2)c2ccc(CC(=O)NC[C@H]3CCCO3)cc2)cc1. The van der Waals surface area contributed by atoms with Gasteiger partial charge in [0, 0.05) is 18.8 Å². The van der Waals surface area contributed by atoms with Crippen LogP contribution in [0.4, 0.5) is 5.69 Å². The molecule has 6 heteroatoms. The summed E-state index contributed by atoms with van der Waals surface area (Å²) in [6.07, 6.45) is 3.96. The summed E-state index contributed by atoms with van der Waals surface area (Å²) in [5.74, 6) is 0.0451. The molecule has 2 amide bonds. The Kier molecular flexibility index (Phi) is 7.02. The minimum absolute atomic E-state index is 0.0311. The van der Waals surface area contributed by atoms with Crippen LogP contribution in [0, 0.1) is 6.92 Å². The molecular weight excluding hydrogens is 404 g/mol. The molecule has 1 N–H and O–H groups in total. The summed E-state index contributed by atoms with van der Waals surface area (Å²) in [5.41, 5.74) is 3.82. The van der Waals surface area contributed by atoms with Crippen molar-refractivity contribution in [1.29, 1.82) is 0 Å². The Morgan fingerprint density at radius 3 is 2.44 bits per heavy atom. The molecule has 0 aliphatic carbocycles. The number of nitrogens with one attached hydrogen (secondary N) is 1. The van der Waals surface area contributed by atoms with Gasteiger partial charge in [0.1, 0.15) is 0 Å². The zero-order valence-electron chi connectivity index (χ0n) is 18.3. The molecule has 1 aliphatic rings. The molecule has 2 aromatic carbocycles. The highest BCUT2D eigenvalue weighted by Gasteiger charge is 2.21. The van der Waals surface area contributed by atoms with Crippen LogP contribution >= 0.6 is 0 Å². The van der Waals surface area contributed by atoms with E-state index >= 15 is 0 Å². The molecule has 32 heavy (non-hydrogen) atoms. The minimum atomic E-state index is -0.211. The molecule has 3 aromatic rings. The van der Waals surface area contributed by atoms with Crippen molar-refractivity contribution in [2.45, 2.75) is 38.8 Å². The Labute approximate surface area is 188 Å². The molecule has 0 radical (unpaired) electrons.